The summed E-state index contributed by atoms with van der Waals surface area (Å²) in [7, 11) is 1.99. The molecule has 1 aromatic carbocycles. The van der Waals surface area contributed by atoms with Crippen LogP contribution in [0.5, 0.6) is 0 Å². The van der Waals surface area contributed by atoms with Gasteiger partial charge in [-0.2, -0.15) is 8.78 Å². The number of nitrogens with zero attached hydrogens (tertiary/aromatic N) is 6. The lowest BCUT2D eigenvalue weighted by molar-refractivity contribution is -0.107. The highest BCUT2D eigenvalue weighted by molar-refractivity contribution is 5.84. The maximum Gasteiger partial charge on any atom is 0.314 e. The first-order valence-electron chi connectivity index (χ1n) is 13.1. The van der Waals surface area contributed by atoms with Crippen LogP contribution < -0.4 is 9.80 Å². The van der Waals surface area contributed by atoms with Crippen molar-refractivity contribution < 1.29 is 27.1 Å². The third-order valence-corrected chi connectivity index (χ3v) is 7.54. The normalized spacial score (nSPS) is 17.5. The number of piperidine rings is 1. The molecule has 9 nitrogen and oxygen atoms in total. The van der Waals surface area contributed by atoms with Crippen LogP contribution in [0.15, 0.2) is 40.9 Å². The molecule has 2 aromatic heterocycles. The number of carbonyl (C=O) groups excluding carboxylic acids is 1. The van der Waals surface area contributed by atoms with E-state index in [9.17, 15) is 18.0 Å². The van der Waals surface area contributed by atoms with Gasteiger partial charge >= 0.3 is 6.43 Å². The molecule has 1 amide bonds. The summed E-state index contributed by atoms with van der Waals surface area (Å²) in [6.07, 6.45) is 3.27. The maximum atomic E-state index is 14.4. The summed E-state index contributed by atoms with van der Waals surface area (Å²) < 4.78 is 50.3. The molecule has 2 aliphatic rings. The minimum Gasteiger partial charge on any atom is -0.415 e. The van der Waals surface area contributed by atoms with Crippen LogP contribution in [0.2, 0.25) is 0 Å². The van der Waals surface area contributed by atoms with E-state index in [0.29, 0.717) is 29.4 Å². The molecule has 2 fully saturated rings. The van der Waals surface area contributed by atoms with Gasteiger partial charge in [-0.05, 0) is 56.0 Å². The van der Waals surface area contributed by atoms with Crippen LogP contribution >= 0.6 is 0 Å². The third kappa shape index (κ3) is 6.22. The van der Waals surface area contributed by atoms with Crippen molar-refractivity contribution in [1.82, 2.24) is 20.1 Å². The van der Waals surface area contributed by atoms with Crippen molar-refractivity contribution >= 4 is 17.8 Å². The second-order valence-electron chi connectivity index (χ2n) is 9.87. The molecule has 5 rings (SSSR count). The topological polar surface area (TPSA) is 87.8 Å². The Labute approximate surface area is 224 Å². The lowest BCUT2D eigenvalue weighted by atomic mass is 9.98. The Morgan fingerprint density at radius 2 is 1.85 bits per heavy atom. The number of likely N-dealkylation sites (tertiary alicyclic amines) is 1. The lowest BCUT2D eigenvalue weighted by Gasteiger charge is -2.42. The number of aromatic nitrogens is 3. The fraction of sp³-hybridized carbons (Fsp3) is 0.481. The van der Waals surface area contributed by atoms with Crippen LogP contribution in [0.3, 0.4) is 0 Å². The number of hydrogen-bond acceptors (Lipinski definition) is 8. The summed E-state index contributed by atoms with van der Waals surface area (Å²) in [5.74, 6) is -1.29. The number of anilines is 2. The first-order valence-corrected chi connectivity index (χ1v) is 13.1. The maximum absolute atomic E-state index is 14.4. The van der Waals surface area contributed by atoms with Crippen molar-refractivity contribution in [3.8, 4) is 11.5 Å². The zero-order valence-corrected chi connectivity index (χ0v) is 21.7. The second-order valence-corrected chi connectivity index (χ2v) is 9.87. The van der Waals surface area contributed by atoms with E-state index in [-0.39, 0.29) is 18.5 Å². The average Bonchev–Trinajstić information content (AvgIpc) is 3.47. The predicted molar refractivity (Wildman–Crippen MR) is 138 cm³/mol. The van der Waals surface area contributed by atoms with Gasteiger partial charge in [-0.1, -0.05) is 0 Å². The van der Waals surface area contributed by atoms with Gasteiger partial charge in [0.05, 0.1) is 29.2 Å². The minimum absolute atomic E-state index is 0.0755. The molecule has 12 heteroatoms. The fourth-order valence-electron chi connectivity index (χ4n) is 5.35. The monoisotopic (exact) mass is 544 g/mol. The van der Waals surface area contributed by atoms with Gasteiger partial charge in [-0.25, -0.2) is 4.39 Å². The van der Waals surface area contributed by atoms with Gasteiger partial charge < -0.3 is 23.9 Å². The molecular formula is C27H31F3N6O3. The molecule has 0 aliphatic carbocycles. The molecule has 0 unspecified atom stereocenters. The van der Waals surface area contributed by atoms with Gasteiger partial charge in [-0.3, -0.25) is 9.78 Å². The van der Waals surface area contributed by atoms with Crippen LogP contribution in [0, 0.1) is 5.82 Å². The van der Waals surface area contributed by atoms with Crippen molar-refractivity contribution in [2.45, 2.75) is 50.7 Å². The lowest BCUT2D eigenvalue weighted by Crippen LogP contribution is -2.48. The van der Waals surface area contributed by atoms with Crippen molar-refractivity contribution in [2.75, 3.05) is 43.2 Å². The highest BCUT2D eigenvalue weighted by atomic mass is 19.3. The molecule has 0 radical (unpaired) electrons. The van der Waals surface area contributed by atoms with E-state index in [1.165, 1.54) is 23.2 Å². The molecule has 0 saturated carbocycles. The number of benzene rings is 1. The molecule has 2 aliphatic heterocycles. The van der Waals surface area contributed by atoms with Gasteiger partial charge in [0, 0.05) is 51.6 Å². The molecule has 208 valence electrons. The molecule has 2 saturated heterocycles. The number of alkyl halides is 2. The van der Waals surface area contributed by atoms with Crippen molar-refractivity contribution in [3.63, 3.8) is 0 Å². The third-order valence-electron chi connectivity index (χ3n) is 7.54. The van der Waals surface area contributed by atoms with Crippen LogP contribution in [-0.4, -0.2) is 71.9 Å². The predicted octanol–water partition coefficient (Wildman–Crippen LogP) is 4.45. The Bertz CT molecular complexity index is 1240. The molecular weight excluding hydrogens is 513 g/mol. The Morgan fingerprint density at radius 1 is 1.08 bits per heavy atom. The summed E-state index contributed by atoms with van der Waals surface area (Å²) in [6, 6.07) is 8.52. The molecule has 0 spiro atoms. The molecule has 0 N–H and O–H groups in total. The number of hydrogen-bond donors (Lipinski definition) is 0. The van der Waals surface area contributed by atoms with Crippen molar-refractivity contribution in [1.29, 1.82) is 0 Å². The highest BCUT2D eigenvalue weighted by Crippen LogP contribution is 2.34. The molecule has 0 bridgehead atoms. The smallest absolute Gasteiger partial charge is 0.314 e. The average molecular weight is 545 g/mol. The number of rotatable bonds is 9. The number of ether oxygens (including phenoxy) is 1. The van der Waals surface area contributed by atoms with Crippen LogP contribution in [0.25, 0.3) is 11.5 Å². The summed E-state index contributed by atoms with van der Waals surface area (Å²) >= 11 is 0. The number of amides is 1. The first-order chi connectivity index (χ1) is 18.9. The Morgan fingerprint density at radius 3 is 2.49 bits per heavy atom. The molecule has 0 atom stereocenters. The van der Waals surface area contributed by atoms with Gasteiger partial charge in [0.25, 0.3) is 5.89 Å². The molecule has 3 aromatic rings. The molecule has 39 heavy (non-hydrogen) atoms. The van der Waals surface area contributed by atoms with E-state index < -0.39 is 18.1 Å². The second kappa shape index (κ2) is 12.1. The minimum atomic E-state index is -2.86. The Kier molecular flexibility index (Phi) is 8.41. The van der Waals surface area contributed by atoms with E-state index in [0.717, 1.165) is 57.7 Å². The first kappa shape index (κ1) is 27.1. The molecule has 4 heterocycles. The van der Waals surface area contributed by atoms with Crippen molar-refractivity contribution in [2.24, 2.45) is 0 Å². The summed E-state index contributed by atoms with van der Waals surface area (Å²) in [5.41, 5.74) is 2.09. The zero-order chi connectivity index (χ0) is 27.4. The van der Waals surface area contributed by atoms with Gasteiger partial charge in [0.1, 0.15) is 5.82 Å². The summed E-state index contributed by atoms with van der Waals surface area (Å²) in [5, 5.41) is 6.94. The zero-order valence-electron chi connectivity index (χ0n) is 21.7. The van der Waals surface area contributed by atoms with Crippen LogP contribution in [0.4, 0.5) is 24.5 Å². The van der Waals surface area contributed by atoms with Crippen LogP contribution in [0.1, 0.15) is 43.7 Å². The SMILES string of the molecule is CN(c1ccc(F)cc1N(C=O)Cc1ccc(-c2nnc(C(F)F)o2)cn1)C1CCN(C2CCOCC2)CC1. The number of carbonyl (C=O) groups is 1. The van der Waals surface area contributed by atoms with Gasteiger partial charge in [0.2, 0.25) is 12.3 Å². The van der Waals surface area contributed by atoms with Crippen molar-refractivity contribution in [3.05, 3.63) is 53.9 Å². The number of halogens is 3. The van der Waals surface area contributed by atoms with Gasteiger partial charge in [0.15, 0.2) is 0 Å². The quantitative estimate of drug-likeness (QED) is 0.365. The standard InChI is InChI=1S/C27H31F3N6O3/c1-34(21-6-10-35(11-7-21)22-8-12-38-13-9-22)23-5-3-19(28)14-24(23)36(17-37)16-20-4-2-18(15-31-20)26-32-33-27(39-26)25(29)30/h2-5,14-15,17,21-22,25H,6-13,16H2,1H3. The van der Waals surface area contributed by atoms with E-state index in [1.807, 2.05) is 7.05 Å². The van der Waals surface area contributed by atoms with E-state index in [1.54, 1.807) is 18.2 Å². The fourth-order valence-corrected chi connectivity index (χ4v) is 5.35. The Balaban J connectivity index is 1.28. The van der Waals surface area contributed by atoms with Crippen LogP contribution in [-0.2, 0) is 16.1 Å². The van der Waals surface area contributed by atoms with E-state index in [2.05, 4.69) is 25.0 Å². The highest BCUT2D eigenvalue weighted by Gasteiger charge is 2.29. The largest absolute Gasteiger partial charge is 0.415 e. The number of pyridine rings is 1. The summed E-state index contributed by atoms with van der Waals surface area (Å²) in [6.45, 7) is 3.70. The van der Waals surface area contributed by atoms with E-state index in [4.69, 9.17) is 9.15 Å². The van der Waals surface area contributed by atoms with E-state index >= 15 is 0 Å². The van der Waals surface area contributed by atoms with Gasteiger partial charge in [-0.15, -0.1) is 10.2 Å². The summed E-state index contributed by atoms with van der Waals surface area (Å²) in [4.78, 5) is 22.6. The Hall–Kier alpha value is -3.51.